The highest BCUT2D eigenvalue weighted by Gasteiger charge is 2.72. The fraction of sp³-hybridized carbons (Fsp3) is 0.471. The first-order valence-corrected chi connectivity index (χ1v) is 7.63. The fourth-order valence-electron chi connectivity index (χ4n) is 3.34. The zero-order valence-electron chi connectivity index (χ0n) is 13.2. The second kappa shape index (κ2) is 4.97. The van der Waals surface area contributed by atoms with Gasteiger partial charge in [0, 0.05) is 16.8 Å². The number of aliphatic imine (C=N–C) groups is 1. The third-order valence-corrected chi connectivity index (χ3v) is 4.73. The molecule has 1 aromatic rings. The highest BCUT2D eigenvalue weighted by Crippen LogP contribution is 2.53. The summed E-state index contributed by atoms with van der Waals surface area (Å²) >= 11 is 0. The minimum absolute atomic E-state index is 0.176. The van der Waals surface area contributed by atoms with Crippen molar-refractivity contribution < 1.29 is 24.5 Å². The Hall–Kier alpha value is -2.05. The number of aliphatic hydroxyl groups is 2. The lowest BCUT2D eigenvalue weighted by molar-refractivity contribution is -0.168. The molecule has 0 spiro atoms. The average molecular weight is 317 g/mol. The first-order chi connectivity index (χ1) is 10.8. The summed E-state index contributed by atoms with van der Waals surface area (Å²) in [7, 11) is 0. The second-order valence-electron chi connectivity index (χ2n) is 6.16. The first kappa shape index (κ1) is 15.8. The predicted octanol–water partition coefficient (Wildman–Crippen LogP) is 1.19. The van der Waals surface area contributed by atoms with E-state index in [-0.39, 0.29) is 22.9 Å². The van der Waals surface area contributed by atoms with Gasteiger partial charge in [0.25, 0.3) is 0 Å². The van der Waals surface area contributed by atoms with E-state index in [4.69, 9.17) is 4.74 Å². The van der Waals surface area contributed by atoms with Crippen LogP contribution in [-0.2, 0) is 15.3 Å². The summed E-state index contributed by atoms with van der Waals surface area (Å²) in [5.74, 6) is -2.77. The second-order valence-corrected chi connectivity index (χ2v) is 6.16. The quantitative estimate of drug-likeness (QED) is 0.816. The standard InChI is InChI=1S/C17H19NO5/c1-4-9(2)23-15(20)13-10(3)18-17(22)12-8-6-5-7-11(12)14(19)16(13,17)21/h5-9,13,21-22H,4H2,1-3H3/t9-,13+,16+,17+/m0/s1. The van der Waals surface area contributed by atoms with Gasteiger partial charge in [-0.3, -0.25) is 14.6 Å². The molecule has 0 unspecified atom stereocenters. The summed E-state index contributed by atoms with van der Waals surface area (Å²) in [5.41, 5.74) is -3.93. The molecule has 0 saturated carbocycles. The van der Waals surface area contributed by atoms with Crippen molar-refractivity contribution in [2.75, 3.05) is 0 Å². The Kier molecular flexibility index (Phi) is 3.42. The van der Waals surface area contributed by atoms with Crippen LogP contribution in [-0.4, -0.2) is 39.4 Å². The van der Waals surface area contributed by atoms with Crippen LogP contribution >= 0.6 is 0 Å². The van der Waals surface area contributed by atoms with Crippen LogP contribution in [0.15, 0.2) is 29.3 Å². The van der Waals surface area contributed by atoms with Crippen molar-refractivity contribution in [1.82, 2.24) is 0 Å². The van der Waals surface area contributed by atoms with E-state index in [0.29, 0.717) is 6.42 Å². The van der Waals surface area contributed by atoms with Crippen molar-refractivity contribution in [2.24, 2.45) is 10.9 Å². The number of fused-ring (bicyclic) bond motifs is 3. The molecule has 0 aromatic heterocycles. The van der Waals surface area contributed by atoms with Crippen molar-refractivity contribution in [2.45, 2.75) is 44.6 Å². The molecule has 1 aliphatic carbocycles. The van der Waals surface area contributed by atoms with Gasteiger partial charge in [-0.2, -0.15) is 0 Å². The molecule has 4 atom stereocenters. The van der Waals surface area contributed by atoms with Gasteiger partial charge in [-0.05, 0) is 20.3 Å². The Morgan fingerprint density at radius 1 is 1.39 bits per heavy atom. The smallest absolute Gasteiger partial charge is 0.318 e. The average Bonchev–Trinajstić information content (AvgIpc) is 2.82. The Balaban J connectivity index is 2.10. The zero-order valence-corrected chi connectivity index (χ0v) is 13.2. The highest BCUT2D eigenvalue weighted by molar-refractivity contribution is 6.18. The van der Waals surface area contributed by atoms with E-state index in [2.05, 4.69) is 4.99 Å². The van der Waals surface area contributed by atoms with Gasteiger partial charge in [0.05, 0.1) is 6.10 Å². The molecule has 1 heterocycles. The number of carbonyl (C=O) groups is 2. The monoisotopic (exact) mass is 317 g/mol. The van der Waals surface area contributed by atoms with E-state index in [1.807, 2.05) is 6.92 Å². The number of hydrogen-bond donors (Lipinski definition) is 2. The van der Waals surface area contributed by atoms with Crippen LogP contribution < -0.4 is 0 Å². The molecule has 1 aromatic carbocycles. The fourth-order valence-corrected chi connectivity index (χ4v) is 3.34. The van der Waals surface area contributed by atoms with Crippen LogP contribution in [0.4, 0.5) is 0 Å². The number of carbonyl (C=O) groups excluding carboxylic acids is 2. The Morgan fingerprint density at radius 2 is 2.04 bits per heavy atom. The van der Waals surface area contributed by atoms with E-state index >= 15 is 0 Å². The summed E-state index contributed by atoms with van der Waals surface area (Å²) in [5, 5.41) is 22.0. The number of ketones is 1. The van der Waals surface area contributed by atoms with Gasteiger partial charge >= 0.3 is 5.97 Å². The first-order valence-electron chi connectivity index (χ1n) is 7.63. The number of esters is 1. The normalized spacial score (nSPS) is 33.0. The van der Waals surface area contributed by atoms with Gasteiger partial charge in [0.15, 0.2) is 5.60 Å². The molecule has 23 heavy (non-hydrogen) atoms. The van der Waals surface area contributed by atoms with Gasteiger partial charge in [-0.25, -0.2) is 0 Å². The van der Waals surface area contributed by atoms with E-state index in [1.165, 1.54) is 19.1 Å². The topological polar surface area (TPSA) is 96.2 Å². The number of ether oxygens (including phenoxy) is 1. The maximum atomic E-state index is 12.7. The van der Waals surface area contributed by atoms with E-state index < -0.39 is 29.0 Å². The van der Waals surface area contributed by atoms with Crippen LogP contribution in [0, 0.1) is 5.92 Å². The molecule has 122 valence electrons. The zero-order chi connectivity index (χ0) is 17.0. The molecule has 0 fully saturated rings. The van der Waals surface area contributed by atoms with Crippen molar-refractivity contribution in [1.29, 1.82) is 0 Å². The maximum Gasteiger partial charge on any atom is 0.318 e. The van der Waals surface area contributed by atoms with Gasteiger partial charge < -0.3 is 14.9 Å². The van der Waals surface area contributed by atoms with Gasteiger partial charge in [-0.1, -0.05) is 31.2 Å². The lowest BCUT2D eigenvalue weighted by Crippen LogP contribution is -2.56. The van der Waals surface area contributed by atoms with Crippen LogP contribution in [0.5, 0.6) is 0 Å². The lowest BCUT2D eigenvalue weighted by atomic mass is 9.79. The molecule has 2 N–H and O–H groups in total. The van der Waals surface area contributed by atoms with Crippen molar-refractivity contribution >= 4 is 17.5 Å². The van der Waals surface area contributed by atoms with Gasteiger partial charge in [0.2, 0.25) is 11.5 Å². The molecule has 6 heteroatoms. The summed E-state index contributed by atoms with van der Waals surface area (Å²) in [6, 6.07) is 6.32. The SMILES string of the molecule is CC[C@H](C)OC(=O)[C@H]1C(C)=N[C@@]2(O)c3ccccc3C(=O)[C@]12O. The number of Topliss-reactive ketones (excluding diaryl/α,β-unsaturated/α-hetero) is 1. The molecule has 1 aliphatic heterocycles. The molecule has 3 rings (SSSR count). The number of benzene rings is 1. The van der Waals surface area contributed by atoms with Crippen LogP contribution in [0.1, 0.15) is 43.1 Å². The molecule has 2 aliphatic rings. The predicted molar refractivity (Wildman–Crippen MR) is 82.1 cm³/mol. The highest BCUT2D eigenvalue weighted by atomic mass is 16.5. The summed E-state index contributed by atoms with van der Waals surface area (Å²) < 4.78 is 5.28. The summed E-state index contributed by atoms with van der Waals surface area (Å²) in [6.45, 7) is 5.09. The molecule has 0 saturated heterocycles. The molecule has 6 nitrogen and oxygen atoms in total. The van der Waals surface area contributed by atoms with Crippen molar-refractivity contribution in [3.05, 3.63) is 35.4 Å². The molecule has 0 bridgehead atoms. The van der Waals surface area contributed by atoms with E-state index in [9.17, 15) is 19.8 Å². The number of rotatable bonds is 3. The third-order valence-electron chi connectivity index (χ3n) is 4.73. The third kappa shape index (κ3) is 1.85. The van der Waals surface area contributed by atoms with Gasteiger partial charge in [-0.15, -0.1) is 0 Å². The Bertz CT molecular complexity index is 727. The minimum Gasteiger partial charge on any atom is -0.462 e. The maximum absolute atomic E-state index is 12.7. The Labute approximate surface area is 133 Å². The minimum atomic E-state index is -2.36. The van der Waals surface area contributed by atoms with Crippen molar-refractivity contribution in [3.63, 3.8) is 0 Å². The number of nitrogens with zero attached hydrogens (tertiary/aromatic N) is 1. The summed E-state index contributed by atoms with van der Waals surface area (Å²) in [6.07, 6.45) is 0.248. The Morgan fingerprint density at radius 3 is 2.70 bits per heavy atom. The molecule has 0 radical (unpaired) electrons. The summed E-state index contributed by atoms with van der Waals surface area (Å²) in [4.78, 5) is 29.3. The molecular weight excluding hydrogens is 298 g/mol. The van der Waals surface area contributed by atoms with E-state index in [0.717, 1.165) is 0 Å². The van der Waals surface area contributed by atoms with Crippen LogP contribution in [0.2, 0.25) is 0 Å². The molecule has 0 amide bonds. The van der Waals surface area contributed by atoms with Crippen LogP contribution in [0.25, 0.3) is 0 Å². The van der Waals surface area contributed by atoms with Crippen molar-refractivity contribution in [3.8, 4) is 0 Å². The number of hydrogen-bond acceptors (Lipinski definition) is 6. The van der Waals surface area contributed by atoms with Crippen LogP contribution in [0.3, 0.4) is 0 Å². The largest absolute Gasteiger partial charge is 0.462 e. The lowest BCUT2D eigenvalue weighted by Gasteiger charge is -2.32. The van der Waals surface area contributed by atoms with E-state index in [1.54, 1.807) is 19.1 Å². The van der Waals surface area contributed by atoms with Gasteiger partial charge in [0.1, 0.15) is 5.92 Å². The molecular formula is C17H19NO5.